The van der Waals surface area contributed by atoms with E-state index in [9.17, 15) is 4.79 Å². The van der Waals surface area contributed by atoms with Crippen molar-refractivity contribution in [3.63, 3.8) is 0 Å². The third-order valence-electron chi connectivity index (χ3n) is 4.42. The number of methoxy groups -OCH3 is 1. The molecule has 0 atom stereocenters. The van der Waals surface area contributed by atoms with Gasteiger partial charge >= 0.3 is 5.97 Å². The summed E-state index contributed by atoms with van der Waals surface area (Å²) < 4.78 is 7.04. The van der Waals surface area contributed by atoms with Gasteiger partial charge in [-0.15, -0.1) is 0 Å². The molecule has 1 aromatic heterocycles. The van der Waals surface area contributed by atoms with Crippen LogP contribution in [0.15, 0.2) is 30.3 Å². The second-order valence-electron chi connectivity index (χ2n) is 5.71. The molecule has 0 spiro atoms. The molecule has 3 rings (SSSR count). The normalized spacial score (nSPS) is 16.2. The van der Waals surface area contributed by atoms with Crippen LogP contribution >= 0.6 is 0 Å². The number of benzene rings is 1. The number of nitrogens with one attached hydrogen (secondary N) is 1. The molecule has 2 heterocycles. The molecule has 1 aliphatic rings. The summed E-state index contributed by atoms with van der Waals surface area (Å²) in [6.45, 7) is 3.10. The Labute approximate surface area is 125 Å². The number of para-hydroxylation sites is 1. The highest BCUT2D eigenvalue weighted by Gasteiger charge is 2.18. The van der Waals surface area contributed by atoms with Crippen LogP contribution in [0.3, 0.4) is 0 Å². The van der Waals surface area contributed by atoms with Crippen LogP contribution in [0.2, 0.25) is 0 Å². The maximum atomic E-state index is 12.0. The molecule has 1 saturated heterocycles. The molecule has 4 nitrogen and oxygen atoms in total. The Morgan fingerprint density at radius 2 is 2.10 bits per heavy atom. The molecular formula is C17H22N2O2. The molecule has 0 bridgehead atoms. The van der Waals surface area contributed by atoms with E-state index in [1.165, 1.54) is 20.0 Å². The van der Waals surface area contributed by atoms with Gasteiger partial charge in [0, 0.05) is 17.4 Å². The average molecular weight is 286 g/mol. The highest BCUT2D eigenvalue weighted by Crippen LogP contribution is 2.23. The SMILES string of the molecule is COC(=O)c1cc2ccccc2n1CCC1CCNCC1. The largest absolute Gasteiger partial charge is 0.464 e. The fourth-order valence-corrected chi connectivity index (χ4v) is 3.21. The monoisotopic (exact) mass is 286 g/mol. The van der Waals surface area contributed by atoms with Gasteiger partial charge in [-0.2, -0.15) is 0 Å². The standard InChI is InChI=1S/C17H22N2O2/c1-21-17(20)16-12-14-4-2-3-5-15(14)19(16)11-8-13-6-9-18-10-7-13/h2-5,12-13,18H,6-11H2,1H3. The zero-order chi connectivity index (χ0) is 14.7. The molecule has 0 saturated carbocycles. The fourth-order valence-electron chi connectivity index (χ4n) is 3.21. The molecule has 21 heavy (non-hydrogen) atoms. The number of hydrogen-bond acceptors (Lipinski definition) is 3. The van der Waals surface area contributed by atoms with E-state index in [1.807, 2.05) is 24.3 Å². The van der Waals surface area contributed by atoms with Gasteiger partial charge in [0.1, 0.15) is 5.69 Å². The van der Waals surface area contributed by atoms with E-state index in [2.05, 4.69) is 16.0 Å². The van der Waals surface area contributed by atoms with Crippen LogP contribution in [0.1, 0.15) is 29.8 Å². The smallest absolute Gasteiger partial charge is 0.354 e. The first-order valence-corrected chi connectivity index (χ1v) is 7.67. The number of piperidine rings is 1. The molecule has 0 radical (unpaired) electrons. The lowest BCUT2D eigenvalue weighted by atomic mass is 9.95. The number of nitrogens with zero attached hydrogens (tertiary/aromatic N) is 1. The Bertz CT molecular complexity index is 627. The van der Waals surface area contributed by atoms with Crippen molar-refractivity contribution in [3.05, 3.63) is 36.0 Å². The Hall–Kier alpha value is -1.81. The fraction of sp³-hybridized carbons (Fsp3) is 0.471. The van der Waals surface area contributed by atoms with Gasteiger partial charge in [-0.25, -0.2) is 4.79 Å². The first-order chi connectivity index (χ1) is 10.3. The molecule has 1 N–H and O–H groups in total. The lowest BCUT2D eigenvalue weighted by Gasteiger charge is -2.23. The third-order valence-corrected chi connectivity index (χ3v) is 4.42. The molecule has 1 aliphatic heterocycles. The minimum atomic E-state index is -0.253. The number of carbonyl (C=O) groups is 1. The van der Waals surface area contributed by atoms with Crippen molar-refractivity contribution in [1.82, 2.24) is 9.88 Å². The van der Waals surface area contributed by atoms with Gasteiger partial charge in [0.05, 0.1) is 7.11 Å². The van der Waals surface area contributed by atoms with Crippen molar-refractivity contribution in [3.8, 4) is 0 Å². The van der Waals surface area contributed by atoms with Crippen molar-refractivity contribution in [2.45, 2.75) is 25.8 Å². The number of hydrogen-bond donors (Lipinski definition) is 1. The molecule has 2 aromatic rings. The minimum Gasteiger partial charge on any atom is -0.464 e. The number of rotatable bonds is 4. The van der Waals surface area contributed by atoms with Gasteiger partial charge in [0.15, 0.2) is 0 Å². The maximum absolute atomic E-state index is 12.0. The maximum Gasteiger partial charge on any atom is 0.354 e. The van der Waals surface area contributed by atoms with Crippen LogP contribution in [-0.4, -0.2) is 30.7 Å². The van der Waals surface area contributed by atoms with Crippen LogP contribution in [-0.2, 0) is 11.3 Å². The topological polar surface area (TPSA) is 43.3 Å². The van der Waals surface area contributed by atoms with Crippen LogP contribution in [0.5, 0.6) is 0 Å². The van der Waals surface area contributed by atoms with Crippen LogP contribution < -0.4 is 5.32 Å². The summed E-state index contributed by atoms with van der Waals surface area (Å²) >= 11 is 0. The van der Waals surface area contributed by atoms with E-state index in [1.54, 1.807) is 0 Å². The van der Waals surface area contributed by atoms with Crippen molar-refractivity contribution in [2.75, 3.05) is 20.2 Å². The summed E-state index contributed by atoms with van der Waals surface area (Å²) in [5, 5.41) is 4.50. The molecule has 0 amide bonds. The van der Waals surface area contributed by atoms with E-state index in [0.717, 1.165) is 42.9 Å². The molecule has 112 valence electrons. The summed E-state index contributed by atoms with van der Waals surface area (Å²) in [5.41, 5.74) is 1.78. The zero-order valence-electron chi connectivity index (χ0n) is 12.5. The first kappa shape index (κ1) is 14.1. The highest BCUT2D eigenvalue weighted by molar-refractivity contribution is 5.95. The summed E-state index contributed by atoms with van der Waals surface area (Å²) in [7, 11) is 1.44. The Kier molecular flexibility index (Phi) is 4.25. The molecule has 0 unspecified atom stereocenters. The zero-order valence-corrected chi connectivity index (χ0v) is 12.5. The van der Waals surface area contributed by atoms with Crippen LogP contribution in [0.25, 0.3) is 10.9 Å². The van der Waals surface area contributed by atoms with Gasteiger partial charge < -0.3 is 14.6 Å². The number of esters is 1. The predicted molar refractivity (Wildman–Crippen MR) is 83.5 cm³/mol. The van der Waals surface area contributed by atoms with E-state index >= 15 is 0 Å². The number of carbonyl (C=O) groups excluding carboxylic acids is 1. The van der Waals surface area contributed by atoms with Gasteiger partial charge in [-0.1, -0.05) is 18.2 Å². The second-order valence-corrected chi connectivity index (χ2v) is 5.71. The molecule has 4 heteroatoms. The average Bonchev–Trinajstić information content (AvgIpc) is 2.92. The Balaban J connectivity index is 1.85. The molecule has 1 fully saturated rings. The number of ether oxygens (including phenoxy) is 1. The van der Waals surface area contributed by atoms with Gasteiger partial charge in [0.2, 0.25) is 0 Å². The van der Waals surface area contributed by atoms with Crippen molar-refractivity contribution in [2.24, 2.45) is 5.92 Å². The second kappa shape index (κ2) is 6.31. The van der Waals surface area contributed by atoms with E-state index in [-0.39, 0.29) is 5.97 Å². The lowest BCUT2D eigenvalue weighted by molar-refractivity contribution is 0.0588. The quantitative estimate of drug-likeness (QED) is 0.879. The predicted octanol–water partition coefficient (Wildman–Crippen LogP) is 2.82. The number of aromatic nitrogens is 1. The lowest BCUT2D eigenvalue weighted by Crippen LogP contribution is -2.28. The van der Waals surface area contributed by atoms with Crippen LogP contribution in [0.4, 0.5) is 0 Å². The molecule has 1 aromatic carbocycles. The molecule has 0 aliphatic carbocycles. The summed E-state index contributed by atoms with van der Waals surface area (Å²) in [6, 6.07) is 10.1. The number of aryl methyl sites for hydroxylation is 1. The summed E-state index contributed by atoms with van der Waals surface area (Å²) in [6.07, 6.45) is 3.57. The summed E-state index contributed by atoms with van der Waals surface area (Å²) in [4.78, 5) is 12.0. The van der Waals surface area contributed by atoms with Gasteiger partial charge in [0.25, 0.3) is 0 Å². The van der Waals surface area contributed by atoms with Gasteiger partial charge in [-0.3, -0.25) is 0 Å². The van der Waals surface area contributed by atoms with E-state index in [0.29, 0.717) is 5.69 Å². The first-order valence-electron chi connectivity index (χ1n) is 7.67. The van der Waals surface area contributed by atoms with E-state index < -0.39 is 0 Å². The Morgan fingerprint density at radius 1 is 1.33 bits per heavy atom. The van der Waals surface area contributed by atoms with Crippen LogP contribution in [0, 0.1) is 5.92 Å². The van der Waals surface area contributed by atoms with Crippen molar-refractivity contribution >= 4 is 16.9 Å². The van der Waals surface area contributed by atoms with Gasteiger partial charge in [-0.05, 0) is 50.4 Å². The minimum absolute atomic E-state index is 0.253. The van der Waals surface area contributed by atoms with E-state index in [4.69, 9.17) is 4.74 Å². The number of fused-ring (bicyclic) bond motifs is 1. The third kappa shape index (κ3) is 2.95. The summed E-state index contributed by atoms with van der Waals surface area (Å²) in [5.74, 6) is 0.495. The highest BCUT2D eigenvalue weighted by atomic mass is 16.5. The van der Waals surface area contributed by atoms with Crippen molar-refractivity contribution < 1.29 is 9.53 Å². The Morgan fingerprint density at radius 3 is 2.86 bits per heavy atom. The van der Waals surface area contributed by atoms with Crippen molar-refractivity contribution in [1.29, 1.82) is 0 Å². The molecular weight excluding hydrogens is 264 g/mol.